The minimum Gasteiger partial charge on any atom is -0.340 e. The van der Waals surface area contributed by atoms with Gasteiger partial charge in [-0.25, -0.2) is 4.39 Å². The zero-order chi connectivity index (χ0) is 23.3. The van der Waals surface area contributed by atoms with E-state index >= 15 is 0 Å². The highest BCUT2D eigenvalue weighted by Crippen LogP contribution is 2.33. The van der Waals surface area contributed by atoms with Gasteiger partial charge in [-0.3, -0.25) is 10.2 Å². The average Bonchev–Trinajstić information content (AvgIpc) is 3.33. The molecule has 3 heterocycles. The van der Waals surface area contributed by atoms with Crippen LogP contribution in [0.25, 0.3) is 17.0 Å². The summed E-state index contributed by atoms with van der Waals surface area (Å²) in [7, 11) is 0. The summed E-state index contributed by atoms with van der Waals surface area (Å²) in [5, 5.41) is 16.8. The Balaban J connectivity index is 1.60. The maximum atomic E-state index is 13.4. The molecule has 0 bridgehead atoms. The molecule has 2 aliphatic rings. The first kappa shape index (κ1) is 21.3. The van der Waals surface area contributed by atoms with Crippen LogP contribution in [-0.4, -0.2) is 31.5 Å². The predicted octanol–water partition coefficient (Wildman–Crippen LogP) is 5.41. The number of aliphatic imine (C=N–C) groups is 1. The summed E-state index contributed by atoms with van der Waals surface area (Å²) in [6, 6.07) is 14.4. The van der Waals surface area contributed by atoms with Crippen LogP contribution in [0.15, 0.2) is 64.2 Å². The average molecular weight is 460 g/mol. The SMILES string of the molecule is Cc1c(/C=C2\C(=N)N3N=C(C(C)C)SC3=NC2=O)c2ccccc2n1Cc1ccc(F)cc1. The van der Waals surface area contributed by atoms with Crippen LogP contribution in [0.5, 0.6) is 0 Å². The van der Waals surface area contributed by atoms with Crippen LogP contribution >= 0.6 is 11.8 Å². The second-order valence-corrected chi connectivity index (χ2v) is 9.33. The minimum atomic E-state index is -0.436. The van der Waals surface area contributed by atoms with Crippen LogP contribution in [0.4, 0.5) is 4.39 Å². The molecule has 0 fully saturated rings. The summed E-state index contributed by atoms with van der Waals surface area (Å²) >= 11 is 1.34. The molecular formula is C25H22FN5OS. The van der Waals surface area contributed by atoms with Crippen molar-refractivity contribution in [3.05, 3.63) is 76.7 Å². The van der Waals surface area contributed by atoms with Crippen molar-refractivity contribution in [3.8, 4) is 0 Å². The molecular weight excluding hydrogens is 437 g/mol. The van der Waals surface area contributed by atoms with Crippen molar-refractivity contribution in [2.24, 2.45) is 16.0 Å². The molecule has 0 saturated carbocycles. The first-order valence-corrected chi connectivity index (χ1v) is 11.5. The molecule has 5 rings (SSSR count). The Morgan fingerprint density at radius 2 is 1.88 bits per heavy atom. The molecule has 0 saturated heterocycles. The molecule has 3 aromatic rings. The fourth-order valence-electron chi connectivity index (χ4n) is 4.00. The molecule has 6 nitrogen and oxygen atoms in total. The van der Waals surface area contributed by atoms with Crippen molar-refractivity contribution in [3.63, 3.8) is 0 Å². The first-order valence-electron chi connectivity index (χ1n) is 10.7. The van der Waals surface area contributed by atoms with E-state index in [1.807, 2.05) is 45.0 Å². The summed E-state index contributed by atoms with van der Waals surface area (Å²) in [4.78, 5) is 17.1. The second kappa shape index (κ2) is 8.12. The zero-order valence-electron chi connectivity index (χ0n) is 18.5. The lowest BCUT2D eigenvalue weighted by molar-refractivity contribution is -0.114. The molecule has 1 aromatic heterocycles. The van der Waals surface area contributed by atoms with E-state index in [1.54, 1.807) is 18.2 Å². The number of carbonyl (C=O) groups is 1. The van der Waals surface area contributed by atoms with Crippen molar-refractivity contribution < 1.29 is 9.18 Å². The maximum absolute atomic E-state index is 13.4. The molecule has 0 atom stereocenters. The first-order chi connectivity index (χ1) is 15.8. The standard InChI is InChI=1S/C25H22FN5OS/c1-14(2)24-29-31-22(27)20(23(32)28-25(31)33-24)12-19-15(3)30(21-7-5-4-6-18(19)21)13-16-8-10-17(26)11-9-16/h4-12,14,27H,13H2,1-3H3/b20-12+,27-22?. The van der Waals surface area contributed by atoms with E-state index in [0.717, 1.165) is 32.8 Å². The number of rotatable bonds is 4. The van der Waals surface area contributed by atoms with E-state index in [2.05, 4.69) is 14.7 Å². The molecule has 1 amide bonds. The van der Waals surface area contributed by atoms with Gasteiger partial charge in [-0.2, -0.15) is 15.1 Å². The molecule has 0 unspecified atom stereocenters. The summed E-state index contributed by atoms with van der Waals surface area (Å²) in [6.45, 7) is 6.59. The molecule has 166 valence electrons. The lowest BCUT2D eigenvalue weighted by atomic mass is 10.1. The van der Waals surface area contributed by atoms with Crippen molar-refractivity contribution in [1.82, 2.24) is 9.58 Å². The number of amides is 1. The van der Waals surface area contributed by atoms with Crippen molar-refractivity contribution in [2.45, 2.75) is 27.3 Å². The van der Waals surface area contributed by atoms with E-state index in [-0.39, 0.29) is 23.1 Å². The van der Waals surface area contributed by atoms with Gasteiger partial charge >= 0.3 is 0 Å². The predicted molar refractivity (Wildman–Crippen MR) is 132 cm³/mol. The number of hydrogen-bond donors (Lipinski definition) is 1. The molecule has 0 aliphatic carbocycles. The van der Waals surface area contributed by atoms with Crippen LogP contribution < -0.4 is 0 Å². The Hall–Kier alpha value is -3.52. The molecule has 8 heteroatoms. The van der Waals surface area contributed by atoms with Gasteiger partial charge in [0.1, 0.15) is 10.9 Å². The largest absolute Gasteiger partial charge is 0.340 e. The number of nitrogens with one attached hydrogen (secondary N) is 1. The highest BCUT2D eigenvalue weighted by atomic mass is 32.2. The molecule has 2 aromatic carbocycles. The van der Waals surface area contributed by atoms with Crippen LogP contribution in [-0.2, 0) is 11.3 Å². The van der Waals surface area contributed by atoms with E-state index < -0.39 is 5.91 Å². The number of hydrogen-bond acceptors (Lipinski definition) is 4. The monoisotopic (exact) mass is 459 g/mol. The topological polar surface area (TPSA) is 73.8 Å². The van der Waals surface area contributed by atoms with Crippen molar-refractivity contribution in [1.29, 1.82) is 5.41 Å². The fraction of sp³-hybridized carbons (Fsp3) is 0.200. The van der Waals surface area contributed by atoms with Gasteiger partial charge in [-0.15, -0.1) is 0 Å². The van der Waals surface area contributed by atoms with E-state index in [4.69, 9.17) is 5.41 Å². The summed E-state index contributed by atoms with van der Waals surface area (Å²) in [5.74, 6) is -0.488. The number of benzene rings is 2. The van der Waals surface area contributed by atoms with Crippen molar-refractivity contribution in [2.75, 3.05) is 0 Å². The fourth-order valence-corrected chi connectivity index (χ4v) is 4.89. The van der Waals surface area contributed by atoms with Crippen LogP contribution in [0, 0.1) is 24.1 Å². The van der Waals surface area contributed by atoms with Gasteiger partial charge in [-0.05, 0) is 48.5 Å². The van der Waals surface area contributed by atoms with Gasteiger partial charge in [0, 0.05) is 34.6 Å². The van der Waals surface area contributed by atoms with Gasteiger partial charge < -0.3 is 4.57 Å². The Bertz CT molecular complexity index is 1400. The van der Waals surface area contributed by atoms with Gasteiger partial charge in [-0.1, -0.05) is 44.2 Å². The number of halogens is 1. The number of para-hydroxylation sites is 1. The van der Waals surface area contributed by atoms with Crippen LogP contribution in [0.3, 0.4) is 0 Å². The van der Waals surface area contributed by atoms with Gasteiger partial charge in [0.15, 0.2) is 5.84 Å². The Kier molecular flexibility index (Phi) is 5.25. The highest BCUT2D eigenvalue weighted by Gasteiger charge is 2.36. The minimum absolute atomic E-state index is 0.0305. The number of aromatic nitrogens is 1. The summed E-state index contributed by atoms with van der Waals surface area (Å²) < 4.78 is 15.5. The van der Waals surface area contributed by atoms with E-state index in [1.165, 1.54) is 28.9 Å². The smallest absolute Gasteiger partial charge is 0.283 e. The van der Waals surface area contributed by atoms with E-state index in [0.29, 0.717) is 11.7 Å². The molecule has 0 spiro atoms. The number of hydrazone groups is 1. The Morgan fingerprint density at radius 1 is 1.15 bits per heavy atom. The third kappa shape index (κ3) is 3.70. The maximum Gasteiger partial charge on any atom is 0.283 e. The highest BCUT2D eigenvalue weighted by molar-refractivity contribution is 8.27. The molecule has 0 radical (unpaired) electrons. The summed E-state index contributed by atoms with van der Waals surface area (Å²) in [5.41, 5.74) is 3.99. The Labute approximate surface area is 195 Å². The molecule has 1 N–H and O–H groups in total. The van der Waals surface area contributed by atoms with Gasteiger partial charge in [0.25, 0.3) is 5.91 Å². The van der Waals surface area contributed by atoms with Crippen molar-refractivity contribution >= 4 is 50.7 Å². The Morgan fingerprint density at radius 3 is 2.61 bits per heavy atom. The zero-order valence-corrected chi connectivity index (χ0v) is 19.3. The third-order valence-electron chi connectivity index (χ3n) is 5.79. The lowest BCUT2D eigenvalue weighted by Gasteiger charge is -2.20. The number of thioether (sulfide) groups is 1. The quantitative estimate of drug-likeness (QED) is 0.530. The normalized spacial score (nSPS) is 17.2. The lowest BCUT2D eigenvalue weighted by Crippen LogP contribution is -2.35. The summed E-state index contributed by atoms with van der Waals surface area (Å²) in [6.07, 6.45) is 1.75. The number of nitrogens with zero attached hydrogens (tertiary/aromatic N) is 4. The van der Waals surface area contributed by atoms with Gasteiger partial charge in [0.2, 0.25) is 5.17 Å². The number of amidine groups is 2. The van der Waals surface area contributed by atoms with Crippen LogP contribution in [0.1, 0.15) is 30.7 Å². The number of carbonyl (C=O) groups excluding carboxylic acids is 1. The molecule has 2 aliphatic heterocycles. The second-order valence-electron chi connectivity index (χ2n) is 8.34. The third-order valence-corrected chi connectivity index (χ3v) is 7.00. The van der Waals surface area contributed by atoms with Crippen LogP contribution in [0.2, 0.25) is 0 Å². The number of fused-ring (bicyclic) bond motifs is 2. The van der Waals surface area contributed by atoms with E-state index in [9.17, 15) is 9.18 Å². The molecule has 33 heavy (non-hydrogen) atoms. The van der Waals surface area contributed by atoms with Gasteiger partial charge in [0.05, 0.1) is 5.57 Å².